The molecule has 0 saturated heterocycles. The van der Waals surface area contributed by atoms with Gasteiger partial charge in [0.1, 0.15) is 11.9 Å². The molecule has 2 rings (SSSR count). The molecule has 0 radical (unpaired) electrons. The normalized spacial score (nSPS) is 9.89. The van der Waals surface area contributed by atoms with Gasteiger partial charge in [-0.15, -0.1) is 0 Å². The molecule has 18 heavy (non-hydrogen) atoms. The van der Waals surface area contributed by atoms with Gasteiger partial charge >= 0.3 is 0 Å². The van der Waals surface area contributed by atoms with Crippen LogP contribution in [0.15, 0.2) is 36.4 Å². The van der Waals surface area contributed by atoms with E-state index in [0.717, 1.165) is 5.56 Å². The number of aryl methyl sites for hydroxylation is 1. The minimum absolute atomic E-state index is 0.180. The van der Waals surface area contributed by atoms with Crippen LogP contribution in [0.3, 0.4) is 0 Å². The molecule has 0 spiro atoms. The zero-order chi connectivity index (χ0) is 13.1. The summed E-state index contributed by atoms with van der Waals surface area (Å²) in [5, 5.41) is 12.2. The van der Waals surface area contributed by atoms with Crippen LogP contribution in [-0.4, -0.2) is 0 Å². The first-order valence-electron chi connectivity index (χ1n) is 5.33. The fraction of sp³-hybridized carbons (Fsp3) is 0.0714. The van der Waals surface area contributed by atoms with E-state index in [0.29, 0.717) is 11.3 Å². The largest absolute Gasteiger partial charge is 0.351 e. The minimum atomic E-state index is -0.452. The number of para-hydroxylation sites is 1. The molecule has 0 unspecified atom stereocenters. The lowest BCUT2D eigenvalue weighted by Crippen LogP contribution is -1.97. The molecule has 0 aliphatic rings. The van der Waals surface area contributed by atoms with Crippen LogP contribution in [0, 0.1) is 24.1 Å². The Balaban J connectivity index is 2.44. The molecular formula is C14H10ClFN2. The third kappa shape index (κ3) is 2.44. The zero-order valence-electron chi connectivity index (χ0n) is 9.67. The fourth-order valence-electron chi connectivity index (χ4n) is 1.61. The van der Waals surface area contributed by atoms with Crippen molar-refractivity contribution in [2.45, 2.75) is 6.92 Å². The molecule has 0 atom stereocenters. The van der Waals surface area contributed by atoms with Crippen molar-refractivity contribution in [2.24, 2.45) is 0 Å². The van der Waals surface area contributed by atoms with Gasteiger partial charge in [0.15, 0.2) is 0 Å². The summed E-state index contributed by atoms with van der Waals surface area (Å²) in [4.78, 5) is 0. The van der Waals surface area contributed by atoms with Crippen molar-refractivity contribution in [1.82, 2.24) is 0 Å². The van der Waals surface area contributed by atoms with Gasteiger partial charge in [0.25, 0.3) is 0 Å². The van der Waals surface area contributed by atoms with Crippen LogP contribution in [0.25, 0.3) is 0 Å². The third-order valence-electron chi connectivity index (χ3n) is 2.52. The minimum Gasteiger partial charge on any atom is -0.351 e. The number of hydrogen-bond donors (Lipinski definition) is 1. The highest BCUT2D eigenvalue weighted by Crippen LogP contribution is 2.29. The molecule has 1 N–H and O–H groups in total. The zero-order valence-corrected chi connectivity index (χ0v) is 10.4. The third-order valence-corrected chi connectivity index (χ3v) is 2.83. The Morgan fingerprint density at radius 2 is 2.06 bits per heavy atom. The first kappa shape index (κ1) is 12.4. The van der Waals surface area contributed by atoms with Crippen LogP contribution in [0.5, 0.6) is 0 Å². The first-order valence-corrected chi connectivity index (χ1v) is 5.71. The van der Waals surface area contributed by atoms with E-state index in [9.17, 15) is 4.39 Å². The van der Waals surface area contributed by atoms with Crippen LogP contribution in [0.4, 0.5) is 15.8 Å². The van der Waals surface area contributed by atoms with E-state index >= 15 is 0 Å². The average molecular weight is 261 g/mol. The quantitative estimate of drug-likeness (QED) is 0.869. The Bertz CT molecular complexity index is 612. The van der Waals surface area contributed by atoms with Gasteiger partial charge in [-0.3, -0.25) is 0 Å². The molecule has 0 amide bonds. The van der Waals surface area contributed by atoms with Crippen LogP contribution in [0.2, 0.25) is 5.02 Å². The number of rotatable bonds is 2. The maximum absolute atomic E-state index is 13.6. The van der Waals surface area contributed by atoms with Gasteiger partial charge in [0.2, 0.25) is 0 Å². The number of hydrogen-bond acceptors (Lipinski definition) is 2. The molecule has 0 heterocycles. The maximum Gasteiger partial charge on any atom is 0.148 e. The Kier molecular flexibility index (Phi) is 3.50. The molecule has 90 valence electrons. The summed E-state index contributed by atoms with van der Waals surface area (Å²) in [6.07, 6.45) is 0. The summed E-state index contributed by atoms with van der Waals surface area (Å²) in [5.74, 6) is -0.452. The SMILES string of the molecule is Cc1ccc(Nc2c(F)cccc2Cl)c(C#N)c1. The lowest BCUT2D eigenvalue weighted by Gasteiger charge is -2.11. The predicted octanol–water partition coefficient (Wildman–Crippen LogP) is 4.40. The standard InChI is InChI=1S/C14H10ClFN2/c1-9-5-6-13(10(7-9)8-17)18-14-11(15)3-2-4-12(14)16/h2-7,18H,1H3. The van der Waals surface area contributed by atoms with Crippen molar-refractivity contribution in [3.8, 4) is 6.07 Å². The second-order valence-electron chi connectivity index (χ2n) is 3.88. The molecular weight excluding hydrogens is 251 g/mol. The van der Waals surface area contributed by atoms with E-state index in [2.05, 4.69) is 11.4 Å². The van der Waals surface area contributed by atoms with E-state index in [1.54, 1.807) is 18.2 Å². The maximum atomic E-state index is 13.6. The summed E-state index contributed by atoms with van der Waals surface area (Å²) in [7, 11) is 0. The molecule has 0 aromatic heterocycles. The summed E-state index contributed by atoms with van der Waals surface area (Å²) in [6.45, 7) is 1.89. The molecule has 0 aliphatic carbocycles. The number of nitrogens with zero attached hydrogens (tertiary/aromatic N) is 1. The number of benzene rings is 2. The average Bonchev–Trinajstić information content (AvgIpc) is 2.35. The lowest BCUT2D eigenvalue weighted by molar-refractivity contribution is 0.632. The first-order chi connectivity index (χ1) is 8.61. The highest BCUT2D eigenvalue weighted by molar-refractivity contribution is 6.33. The predicted molar refractivity (Wildman–Crippen MR) is 70.6 cm³/mol. The van der Waals surface area contributed by atoms with Crippen molar-refractivity contribution in [3.05, 3.63) is 58.4 Å². The van der Waals surface area contributed by atoms with Gasteiger partial charge in [-0.2, -0.15) is 5.26 Å². The Labute approximate surface area is 110 Å². The highest BCUT2D eigenvalue weighted by Gasteiger charge is 2.09. The van der Waals surface area contributed by atoms with Gasteiger partial charge in [0, 0.05) is 0 Å². The van der Waals surface area contributed by atoms with Gasteiger partial charge in [0.05, 0.1) is 22.0 Å². The van der Waals surface area contributed by atoms with Crippen LogP contribution < -0.4 is 5.32 Å². The Hall–Kier alpha value is -2.05. The Morgan fingerprint density at radius 3 is 2.72 bits per heavy atom. The van der Waals surface area contributed by atoms with Gasteiger partial charge in [-0.05, 0) is 36.8 Å². The molecule has 2 aromatic rings. The van der Waals surface area contributed by atoms with E-state index in [1.165, 1.54) is 12.1 Å². The number of halogens is 2. The molecule has 0 fully saturated rings. The Morgan fingerprint density at radius 1 is 1.28 bits per heavy atom. The van der Waals surface area contributed by atoms with Crippen molar-refractivity contribution < 1.29 is 4.39 Å². The molecule has 2 aromatic carbocycles. The molecule has 0 aliphatic heterocycles. The van der Waals surface area contributed by atoms with Gasteiger partial charge in [-0.25, -0.2) is 4.39 Å². The molecule has 0 bridgehead atoms. The van der Waals surface area contributed by atoms with Crippen LogP contribution >= 0.6 is 11.6 Å². The fourth-order valence-corrected chi connectivity index (χ4v) is 1.82. The van der Waals surface area contributed by atoms with E-state index in [1.807, 2.05) is 13.0 Å². The summed E-state index contributed by atoms with van der Waals surface area (Å²) < 4.78 is 13.6. The van der Waals surface area contributed by atoms with E-state index in [4.69, 9.17) is 16.9 Å². The second-order valence-corrected chi connectivity index (χ2v) is 4.29. The number of nitrogens with one attached hydrogen (secondary N) is 1. The molecule has 4 heteroatoms. The number of anilines is 2. The topological polar surface area (TPSA) is 35.8 Å². The van der Waals surface area contributed by atoms with E-state index in [-0.39, 0.29) is 10.7 Å². The second kappa shape index (κ2) is 5.07. The highest BCUT2D eigenvalue weighted by atomic mass is 35.5. The number of nitriles is 1. The lowest BCUT2D eigenvalue weighted by atomic mass is 10.1. The molecule has 2 nitrogen and oxygen atoms in total. The van der Waals surface area contributed by atoms with Crippen molar-refractivity contribution >= 4 is 23.0 Å². The summed E-state index contributed by atoms with van der Waals surface area (Å²) in [6, 6.07) is 11.8. The van der Waals surface area contributed by atoms with Crippen molar-refractivity contribution in [3.63, 3.8) is 0 Å². The van der Waals surface area contributed by atoms with Gasteiger partial charge < -0.3 is 5.32 Å². The van der Waals surface area contributed by atoms with Crippen LogP contribution in [0.1, 0.15) is 11.1 Å². The summed E-state index contributed by atoms with van der Waals surface area (Å²) >= 11 is 5.92. The van der Waals surface area contributed by atoms with Gasteiger partial charge in [-0.1, -0.05) is 23.7 Å². The monoisotopic (exact) mass is 260 g/mol. The van der Waals surface area contributed by atoms with Crippen molar-refractivity contribution in [1.29, 1.82) is 5.26 Å². The molecule has 0 saturated carbocycles. The summed E-state index contributed by atoms with van der Waals surface area (Å²) in [5.41, 5.74) is 2.14. The van der Waals surface area contributed by atoms with Crippen molar-refractivity contribution in [2.75, 3.05) is 5.32 Å². The van der Waals surface area contributed by atoms with E-state index < -0.39 is 5.82 Å². The van der Waals surface area contributed by atoms with Crippen LogP contribution in [-0.2, 0) is 0 Å². The smallest absolute Gasteiger partial charge is 0.148 e.